The van der Waals surface area contributed by atoms with Crippen LogP contribution in [-0.4, -0.2) is 31.0 Å². The van der Waals surface area contributed by atoms with Crippen LogP contribution in [0.3, 0.4) is 0 Å². The summed E-state index contributed by atoms with van der Waals surface area (Å²) >= 11 is 4.22. The minimum Gasteiger partial charge on any atom is -0.417 e. The molecule has 0 atom stereocenters. The number of hydrogen-bond acceptors (Lipinski definition) is 3. The zero-order valence-corrected chi connectivity index (χ0v) is 17.4. The first-order valence-corrected chi connectivity index (χ1v) is 13.1. The average molecular weight is 337 g/mol. The molecule has 0 bridgehead atoms. The molecule has 0 aliphatic carbocycles. The van der Waals surface area contributed by atoms with Gasteiger partial charge in [0.05, 0.1) is 4.58 Å². The van der Waals surface area contributed by atoms with Gasteiger partial charge in [-0.1, -0.05) is 47.5 Å². The fourth-order valence-electron chi connectivity index (χ4n) is 1.72. The van der Waals surface area contributed by atoms with Crippen molar-refractivity contribution >= 4 is 31.8 Å². The summed E-state index contributed by atoms with van der Waals surface area (Å²) in [6, 6.07) is 0. The van der Waals surface area contributed by atoms with Crippen LogP contribution in [0.1, 0.15) is 60.3 Å². The van der Waals surface area contributed by atoms with E-state index in [1.165, 1.54) is 37.2 Å². The third-order valence-electron chi connectivity index (χ3n) is 4.06. The predicted octanol–water partition coefficient (Wildman–Crippen LogP) is 6.40. The van der Waals surface area contributed by atoms with Crippen LogP contribution in [0.2, 0.25) is 18.1 Å². The van der Waals surface area contributed by atoms with Crippen molar-refractivity contribution < 1.29 is 4.43 Å². The fraction of sp³-hybridized carbons (Fsp3) is 1.00. The highest BCUT2D eigenvalue weighted by Crippen LogP contribution is 2.36. The highest BCUT2D eigenvalue weighted by Gasteiger charge is 2.36. The van der Waals surface area contributed by atoms with Gasteiger partial charge < -0.3 is 4.43 Å². The SMILES string of the molecule is CCSC(CCCCCO[Si](C)(C)C(C)(C)C)SCC. The van der Waals surface area contributed by atoms with Crippen LogP contribution in [0.5, 0.6) is 0 Å². The Kier molecular flexibility index (Phi) is 11.0. The molecule has 0 fully saturated rings. The molecular weight excluding hydrogens is 300 g/mol. The minimum absolute atomic E-state index is 0.341. The minimum atomic E-state index is -1.52. The third-order valence-corrected chi connectivity index (χ3v) is 11.3. The van der Waals surface area contributed by atoms with E-state index in [1.807, 2.05) is 0 Å². The lowest BCUT2D eigenvalue weighted by atomic mass is 10.2. The van der Waals surface area contributed by atoms with Crippen LogP contribution < -0.4 is 0 Å². The Morgan fingerprint density at radius 2 is 1.50 bits per heavy atom. The van der Waals surface area contributed by atoms with Crippen molar-refractivity contribution in [2.45, 2.75) is 83.0 Å². The normalized spacial score (nSPS) is 13.2. The first-order chi connectivity index (χ1) is 9.24. The van der Waals surface area contributed by atoms with E-state index in [1.54, 1.807) is 0 Å². The Labute approximate surface area is 137 Å². The molecule has 0 spiro atoms. The highest BCUT2D eigenvalue weighted by atomic mass is 32.2. The summed E-state index contributed by atoms with van der Waals surface area (Å²) in [6.45, 7) is 17.1. The molecule has 0 saturated carbocycles. The lowest BCUT2D eigenvalue weighted by Gasteiger charge is -2.36. The van der Waals surface area contributed by atoms with Crippen LogP contribution in [0, 0.1) is 0 Å². The summed E-state index contributed by atoms with van der Waals surface area (Å²) in [5.74, 6) is 2.48. The number of hydrogen-bond donors (Lipinski definition) is 0. The van der Waals surface area contributed by atoms with E-state index in [-0.39, 0.29) is 0 Å². The monoisotopic (exact) mass is 336 g/mol. The van der Waals surface area contributed by atoms with Gasteiger partial charge in [-0.3, -0.25) is 0 Å². The van der Waals surface area contributed by atoms with Gasteiger partial charge in [0.15, 0.2) is 8.32 Å². The molecule has 0 aromatic heterocycles. The summed E-state index contributed by atoms with van der Waals surface area (Å²) in [5, 5.41) is 0.341. The Morgan fingerprint density at radius 1 is 0.950 bits per heavy atom. The first-order valence-electron chi connectivity index (χ1n) is 8.11. The van der Waals surface area contributed by atoms with E-state index in [0.29, 0.717) is 5.04 Å². The second-order valence-electron chi connectivity index (χ2n) is 6.80. The summed E-state index contributed by atoms with van der Waals surface area (Å²) in [6.07, 6.45) is 5.26. The van der Waals surface area contributed by atoms with Gasteiger partial charge in [-0.15, -0.1) is 23.5 Å². The summed E-state index contributed by atoms with van der Waals surface area (Å²) < 4.78 is 7.04. The van der Waals surface area contributed by atoms with Crippen LogP contribution >= 0.6 is 23.5 Å². The quantitative estimate of drug-likeness (QED) is 0.245. The van der Waals surface area contributed by atoms with Crippen molar-refractivity contribution in [2.24, 2.45) is 0 Å². The lowest BCUT2D eigenvalue weighted by molar-refractivity contribution is 0.277. The molecule has 122 valence electrons. The van der Waals surface area contributed by atoms with E-state index in [9.17, 15) is 0 Å². The van der Waals surface area contributed by atoms with Crippen LogP contribution in [0.25, 0.3) is 0 Å². The molecule has 0 N–H and O–H groups in total. The largest absolute Gasteiger partial charge is 0.417 e. The van der Waals surface area contributed by atoms with Gasteiger partial charge in [0, 0.05) is 6.61 Å². The Hall–Kier alpha value is 0.877. The molecule has 0 amide bonds. The molecule has 0 radical (unpaired) electrons. The maximum Gasteiger partial charge on any atom is 0.191 e. The van der Waals surface area contributed by atoms with Gasteiger partial charge >= 0.3 is 0 Å². The molecule has 0 aliphatic rings. The zero-order valence-electron chi connectivity index (χ0n) is 14.8. The summed E-state index contributed by atoms with van der Waals surface area (Å²) in [7, 11) is -1.52. The predicted molar refractivity (Wildman–Crippen MR) is 102 cm³/mol. The molecule has 20 heavy (non-hydrogen) atoms. The van der Waals surface area contributed by atoms with E-state index in [0.717, 1.165) is 11.2 Å². The van der Waals surface area contributed by atoms with Crippen LogP contribution in [0.15, 0.2) is 0 Å². The molecule has 0 aromatic carbocycles. The first kappa shape index (κ1) is 20.9. The van der Waals surface area contributed by atoms with Crippen molar-refractivity contribution in [3.05, 3.63) is 0 Å². The van der Waals surface area contributed by atoms with Gasteiger partial charge in [0.1, 0.15) is 0 Å². The van der Waals surface area contributed by atoms with Gasteiger partial charge in [0.25, 0.3) is 0 Å². The van der Waals surface area contributed by atoms with Crippen molar-refractivity contribution in [3.63, 3.8) is 0 Å². The molecule has 1 nitrogen and oxygen atoms in total. The van der Waals surface area contributed by atoms with E-state index in [2.05, 4.69) is 71.2 Å². The van der Waals surface area contributed by atoms with Gasteiger partial charge in [-0.05, 0) is 42.5 Å². The molecular formula is C16H36OS2Si. The average Bonchev–Trinajstić information content (AvgIpc) is 2.32. The van der Waals surface area contributed by atoms with E-state index in [4.69, 9.17) is 4.43 Å². The third kappa shape index (κ3) is 9.01. The molecule has 0 saturated heterocycles. The molecule has 0 unspecified atom stereocenters. The molecule has 0 aromatic rings. The summed E-state index contributed by atoms with van der Waals surface area (Å²) in [4.78, 5) is 0. The second-order valence-corrected chi connectivity index (χ2v) is 14.9. The topological polar surface area (TPSA) is 9.23 Å². The van der Waals surface area contributed by atoms with Crippen molar-refractivity contribution in [2.75, 3.05) is 18.1 Å². The van der Waals surface area contributed by atoms with Crippen molar-refractivity contribution in [1.82, 2.24) is 0 Å². The number of rotatable bonds is 11. The van der Waals surface area contributed by atoms with E-state index < -0.39 is 8.32 Å². The van der Waals surface area contributed by atoms with E-state index >= 15 is 0 Å². The lowest BCUT2D eigenvalue weighted by Crippen LogP contribution is -2.40. The smallest absolute Gasteiger partial charge is 0.191 e. The van der Waals surface area contributed by atoms with Gasteiger partial charge in [-0.25, -0.2) is 0 Å². The molecule has 0 heterocycles. The van der Waals surface area contributed by atoms with Gasteiger partial charge in [0.2, 0.25) is 0 Å². The van der Waals surface area contributed by atoms with Crippen molar-refractivity contribution in [3.8, 4) is 0 Å². The second kappa shape index (κ2) is 10.6. The molecule has 0 rings (SSSR count). The van der Waals surface area contributed by atoms with Crippen LogP contribution in [-0.2, 0) is 4.43 Å². The van der Waals surface area contributed by atoms with Crippen LogP contribution in [0.4, 0.5) is 0 Å². The number of thioether (sulfide) groups is 2. The number of unbranched alkanes of at least 4 members (excludes halogenated alkanes) is 2. The fourth-order valence-corrected chi connectivity index (χ4v) is 5.42. The Bertz CT molecular complexity index is 233. The Morgan fingerprint density at radius 3 is 1.95 bits per heavy atom. The maximum atomic E-state index is 6.22. The van der Waals surface area contributed by atoms with Gasteiger partial charge in [-0.2, -0.15) is 0 Å². The zero-order chi connectivity index (χ0) is 15.6. The van der Waals surface area contributed by atoms with Crippen molar-refractivity contribution in [1.29, 1.82) is 0 Å². The summed E-state index contributed by atoms with van der Waals surface area (Å²) in [5.41, 5.74) is 0. The maximum absolute atomic E-state index is 6.22. The molecule has 0 aliphatic heterocycles. The highest BCUT2D eigenvalue weighted by molar-refractivity contribution is 8.16. The molecule has 4 heteroatoms. The Balaban J connectivity index is 3.71. The standard InChI is InChI=1S/C16H36OS2Si/c1-8-18-15(19-9-2)13-11-10-12-14-17-20(6,7)16(3,4)5/h15H,8-14H2,1-7H3.